The number of rotatable bonds is 7. The molecule has 1 atom stereocenters. The van der Waals surface area contributed by atoms with Crippen molar-refractivity contribution in [3.05, 3.63) is 77.9 Å². The van der Waals surface area contributed by atoms with Crippen molar-refractivity contribution in [3.63, 3.8) is 0 Å². The Bertz CT molecular complexity index is 1280. The molecule has 1 fully saturated rings. The van der Waals surface area contributed by atoms with Gasteiger partial charge in [-0.25, -0.2) is 13.1 Å². The van der Waals surface area contributed by atoms with Crippen LogP contribution in [0, 0.1) is 0 Å². The maximum atomic E-state index is 13.3. The summed E-state index contributed by atoms with van der Waals surface area (Å²) in [7, 11) is -3.63. The van der Waals surface area contributed by atoms with Gasteiger partial charge in [0.2, 0.25) is 10.0 Å². The molecule has 0 bridgehead atoms. The molecule has 3 aromatic rings. The third-order valence-electron chi connectivity index (χ3n) is 5.80. The van der Waals surface area contributed by atoms with E-state index in [1.807, 2.05) is 30.3 Å². The maximum absolute atomic E-state index is 13.3. The summed E-state index contributed by atoms with van der Waals surface area (Å²) < 4.78 is 73.3. The molecule has 6 nitrogen and oxygen atoms in total. The summed E-state index contributed by atoms with van der Waals surface area (Å²) in [5, 5.41) is -0.513. The Kier molecular flexibility index (Phi) is 6.81. The molecule has 0 saturated carbocycles. The van der Waals surface area contributed by atoms with Crippen LogP contribution in [0.15, 0.2) is 66.7 Å². The topological polar surface area (TPSA) is 75.7 Å². The van der Waals surface area contributed by atoms with Gasteiger partial charge in [0.15, 0.2) is 6.61 Å². The molecule has 1 aliphatic rings. The fraction of sp³-hybridized carbons (Fsp3) is 0.292. The molecule has 180 valence electrons. The van der Waals surface area contributed by atoms with Gasteiger partial charge in [-0.3, -0.25) is 4.79 Å². The average molecular weight is 493 g/mol. The molecular weight excluding hydrogens is 469 g/mol. The van der Waals surface area contributed by atoms with Crippen LogP contribution in [0.3, 0.4) is 0 Å². The van der Waals surface area contributed by atoms with Crippen molar-refractivity contribution in [2.45, 2.75) is 24.4 Å². The second kappa shape index (κ2) is 9.63. The van der Waals surface area contributed by atoms with Crippen molar-refractivity contribution in [1.29, 1.82) is 0 Å². The third-order valence-corrected chi connectivity index (χ3v) is 7.60. The zero-order chi connectivity index (χ0) is 24.3. The molecule has 1 amide bonds. The van der Waals surface area contributed by atoms with E-state index in [2.05, 4.69) is 4.72 Å². The average Bonchev–Trinajstić information content (AvgIpc) is 3.32. The van der Waals surface area contributed by atoms with Crippen LogP contribution >= 0.6 is 0 Å². The number of nitrogens with zero attached hydrogens (tertiary/aromatic N) is 1. The second-order valence-electron chi connectivity index (χ2n) is 8.05. The van der Waals surface area contributed by atoms with E-state index in [0.29, 0.717) is 6.42 Å². The number of amides is 1. The van der Waals surface area contributed by atoms with Crippen LogP contribution in [0.5, 0.6) is 5.75 Å². The van der Waals surface area contributed by atoms with Gasteiger partial charge in [-0.2, -0.15) is 13.2 Å². The molecule has 1 N–H and O–H groups in total. The lowest BCUT2D eigenvalue weighted by molar-refractivity contribution is -0.136. The van der Waals surface area contributed by atoms with Gasteiger partial charge in [-0.05, 0) is 29.5 Å². The maximum Gasteiger partial charge on any atom is 0.417 e. The Morgan fingerprint density at radius 2 is 1.71 bits per heavy atom. The van der Waals surface area contributed by atoms with E-state index in [-0.39, 0.29) is 36.2 Å². The van der Waals surface area contributed by atoms with Crippen molar-refractivity contribution in [2.24, 2.45) is 0 Å². The van der Waals surface area contributed by atoms with Gasteiger partial charge < -0.3 is 9.64 Å². The highest BCUT2D eigenvalue weighted by atomic mass is 32.2. The van der Waals surface area contributed by atoms with Crippen molar-refractivity contribution < 1.29 is 31.1 Å². The molecule has 0 aromatic heterocycles. The fourth-order valence-corrected chi connectivity index (χ4v) is 5.39. The van der Waals surface area contributed by atoms with Gasteiger partial charge in [0, 0.05) is 25.0 Å². The summed E-state index contributed by atoms with van der Waals surface area (Å²) in [5.74, 6) is -0.269. The molecule has 1 saturated heterocycles. The monoisotopic (exact) mass is 492 g/mol. The predicted octanol–water partition coefficient (Wildman–Crippen LogP) is 3.96. The highest BCUT2D eigenvalue weighted by molar-refractivity contribution is 7.90. The normalized spacial score (nSPS) is 16.7. The minimum absolute atomic E-state index is 0.0169. The van der Waals surface area contributed by atoms with Crippen LogP contribution in [-0.2, 0) is 27.5 Å². The number of alkyl halides is 3. The van der Waals surface area contributed by atoms with E-state index in [4.69, 9.17) is 4.74 Å². The van der Waals surface area contributed by atoms with Gasteiger partial charge in [0.05, 0.1) is 10.8 Å². The molecule has 34 heavy (non-hydrogen) atoms. The standard InChI is InChI=1S/C24H23F3N2O4S/c25-24(26,27)21-10-4-9-20-19(21)8-5-11-22(20)33-16-23(30)29-13-12-18(15-29)34(31,32)28-14-17-6-2-1-3-7-17/h1-11,18,28H,12-16H2. The third kappa shape index (κ3) is 5.34. The number of hydrogen-bond acceptors (Lipinski definition) is 4. The molecule has 0 spiro atoms. The lowest BCUT2D eigenvalue weighted by atomic mass is 10.0. The number of halogens is 3. The van der Waals surface area contributed by atoms with Crippen LogP contribution < -0.4 is 9.46 Å². The Morgan fingerprint density at radius 3 is 2.44 bits per heavy atom. The number of benzene rings is 3. The first-order valence-electron chi connectivity index (χ1n) is 10.7. The summed E-state index contributed by atoms with van der Waals surface area (Å²) in [6.45, 7) is 0.0459. The zero-order valence-corrected chi connectivity index (χ0v) is 18.9. The van der Waals surface area contributed by atoms with E-state index in [0.717, 1.165) is 11.6 Å². The van der Waals surface area contributed by atoms with E-state index in [9.17, 15) is 26.4 Å². The molecule has 1 unspecified atom stereocenters. The summed E-state index contributed by atoms with van der Waals surface area (Å²) in [6.07, 6.45) is -4.22. The van der Waals surface area contributed by atoms with Gasteiger partial charge in [0.1, 0.15) is 5.75 Å². The summed E-state index contributed by atoms with van der Waals surface area (Å²) in [4.78, 5) is 14.0. The lowest BCUT2D eigenvalue weighted by Gasteiger charge is -2.18. The number of sulfonamides is 1. The quantitative estimate of drug-likeness (QED) is 0.542. The molecule has 1 aliphatic heterocycles. The van der Waals surface area contributed by atoms with Crippen molar-refractivity contribution in [1.82, 2.24) is 9.62 Å². The SMILES string of the molecule is O=C(COc1cccc2c(C(F)(F)F)cccc12)N1CCC(S(=O)(=O)NCc2ccccc2)C1. The van der Waals surface area contributed by atoms with Gasteiger partial charge in [-0.15, -0.1) is 0 Å². The first-order chi connectivity index (χ1) is 16.1. The van der Waals surface area contributed by atoms with Crippen molar-refractivity contribution in [3.8, 4) is 5.75 Å². The van der Waals surface area contributed by atoms with Gasteiger partial charge >= 0.3 is 6.18 Å². The van der Waals surface area contributed by atoms with E-state index in [1.165, 1.54) is 35.2 Å². The van der Waals surface area contributed by atoms with Crippen LogP contribution in [-0.4, -0.2) is 44.2 Å². The number of nitrogens with one attached hydrogen (secondary N) is 1. The molecule has 1 heterocycles. The van der Waals surface area contributed by atoms with Crippen molar-refractivity contribution >= 4 is 26.7 Å². The highest BCUT2D eigenvalue weighted by Crippen LogP contribution is 2.37. The Labute approximate surface area is 195 Å². The first-order valence-corrected chi connectivity index (χ1v) is 12.2. The van der Waals surface area contributed by atoms with E-state index < -0.39 is 39.5 Å². The largest absolute Gasteiger partial charge is 0.483 e. The van der Waals surface area contributed by atoms with Crippen molar-refractivity contribution in [2.75, 3.05) is 19.7 Å². The Morgan fingerprint density at radius 1 is 1.00 bits per heavy atom. The minimum atomic E-state index is -4.52. The first kappa shape index (κ1) is 24.0. The summed E-state index contributed by atoms with van der Waals surface area (Å²) in [6, 6.07) is 17.2. The number of hydrogen-bond donors (Lipinski definition) is 1. The van der Waals surface area contributed by atoms with Crippen LogP contribution in [0.1, 0.15) is 17.5 Å². The second-order valence-corrected chi connectivity index (χ2v) is 10.1. The molecular formula is C24H23F3N2O4S. The van der Waals surface area contributed by atoms with E-state index >= 15 is 0 Å². The smallest absolute Gasteiger partial charge is 0.417 e. The van der Waals surface area contributed by atoms with Crippen LogP contribution in [0.25, 0.3) is 10.8 Å². The summed E-state index contributed by atoms with van der Waals surface area (Å²) >= 11 is 0. The van der Waals surface area contributed by atoms with E-state index in [1.54, 1.807) is 0 Å². The minimum Gasteiger partial charge on any atom is -0.483 e. The Hall–Kier alpha value is -3.11. The van der Waals surface area contributed by atoms with Crippen LogP contribution in [0.2, 0.25) is 0 Å². The number of carbonyl (C=O) groups excluding carboxylic acids is 1. The summed E-state index contributed by atoms with van der Waals surface area (Å²) in [5.41, 5.74) is 0.0477. The molecule has 0 radical (unpaired) electrons. The highest BCUT2D eigenvalue weighted by Gasteiger charge is 2.35. The lowest BCUT2D eigenvalue weighted by Crippen LogP contribution is -2.38. The molecule has 3 aromatic carbocycles. The number of carbonyl (C=O) groups is 1. The Balaban J connectivity index is 1.38. The fourth-order valence-electron chi connectivity index (χ4n) is 3.99. The molecule has 0 aliphatic carbocycles. The zero-order valence-electron chi connectivity index (χ0n) is 18.1. The van der Waals surface area contributed by atoms with Gasteiger partial charge in [0.25, 0.3) is 5.91 Å². The van der Waals surface area contributed by atoms with Crippen LogP contribution in [0.4, 0.5) is 13.2 Å². The number of ether oxygens (including phenoxy) is 1. The number of likely N-dealkylation sites (tertiary alicyclic amines) is 1. The predicted molar refractivity (Wildman–Crippen MR) is 122 cm³/mol. The number of fused-ring (bicyclic) bond motifs is 1. The van der Waals surface area contributed by atoms with Gasteiger partial charge in [-0.1, -0.05) is 54.6 Å². The molecule has 10 heteroatoms. The molecule has 4 rings (SSSR count).